The predicted molar refractivity (Wildman–Crippen MR) is 63.3 cm³/mol. The monoisotopic (exact) mass is 236 g/mol. The summed E-state index contributed by atoms with van der Waals surface area (Å²) in [5, 5.41) is 14.6. The van der Waals surface area contributed by atoms with Crippen LogP contribution in [0.4, 0.5) is 0 Å². The molecule has 0 aliphatic rings. The normalized spacial score (nSPS) is 12.7. The van der Waals surface area contributed by atoms with Gasteiger partial charge in [0.25, 0.3) is 0 Å². The van der Waals surface area contributed by atoms with Gasteiger partial charge in [-0.05, 0) is 5.56 Å². The summed E-state index contributed by atoms with van der Waals surface area (Å²) in [6, 6.07) is 9.81. The van der Waals surface area contributed by atoms with E-state index in [-0.39, 0.29) is 0 Å². The summed E-state index contributed by atoms with van der Waals surface area (Å²) in [7, 11) is 1.77. The zero-order valence-electron chi connectivity index (χ0n) is 8.97. The van der Waals surface area contributed by atoms with Crippen molar-refractivity contribution < 1.29 is 5.11 Å². The highest BCUT2D eigenvalue weighted by molar-refractivity contribution is 6.31. The average molecular weight is 237 g/mol. The second kappa shape index (κ2) is 4.68. The SMILES string of the molecule is Cn1ncc(Cl)c1C(O)Cc1ccccc1. The molecule has 0 saturated carbocycles. The van der Waals surface area contributed by atoms with Crippen LogP contribution in [0.15, 0.2) is 36.5 Å². The third-order valence-corrected chi connectivity index (χ3v) is 2.82. The second-order valence-electron chi connectivity index (χ2n) is 3.71. The number of aromatic nitrogens is 2. The largest absolute Gasteiger partial charge is 0.386 e. The zero-order valence-corrected chi connectivity index (χ0v) is 9.72. The zero-order chi connectivity index (χ0) is 11.5. The molecule has 1 N–H and O–H groups in total. The lowest BCUT2D eigenvalue weighted by atomic mass is 10.1. The molecule has 0 fully saturated rings. The van der Waals surface area contributed by atoms with Gasteiger partial charge in [-0.3, -0.25) is 4.68 Å². The summed E-state index contributed by atoms with van der Waals surface area (Å²) in [5.74, 6) is 0. The number of hydrogen-bond acceptors (Lipinski definition) is 2. The Kier molecular flexibility index (Phi) is 3.27. The average Bonchev–Trinajstić information content (AvgIpc) is 2.60. The Morgan fingerprint density at radius 2 is 2.06 bits per heavy atom. The van der Waals surface area contributed by atoms with Gasteiger partial charge in [0.15, 0.2) is 0 Å². The Labute approximate surface area is 99.3 Å². The Morgan fingerprint density at radius 1 is 1.38 bits per heavy atom. The summed E-state index contributed by atoms with van der Waals surface area (Å²) in [4.78, 5) is 0. The first-order valence-electron chi connectivity index (χ1n) is 5.08. The summed E-state index contributed by atoms with van der Waals surface area (Å²) in [6.07, 6.45) is 1.47. The van der Waals surface area contributed by atoms with E-state index < -0.39 is 6.10 Å². The highest BCUT2D eigenvalue weighted by atomic mass is 35.5. The van der Waals surface area contributed by atoms with Gasteiger partial charge in [0.2, 0.25) is 0 Å². The van der Waals surface area contributed by atoms with E-state index in [0.29, 0.717) is 17.1 Å². The molecule has 0 aliphatic carbocycles. The minimum atomic E-state index is -0.623. The molecule has 2 aromatic rings. The summed E-state index contributed by atoms with van der Waals surface area (Å²) < 4.78 is 1.61. The summed E-state index contributed by atoms with van der Waals surface area (Å²) in [5.41, 5.74) is 1.73. The molecule has 0 aliphatic heterocycles. The maximum atomic E-state index is 10.1. The number of aryl methyl sites for hydroxylation is 1. The van der Waals surface area contributed by atoms with Crippen LogP contribution < -0.4 is 0 Å². The number of aliphatic hydroxyl groups excluding tert-OH is 1. The van der Waals surface area contributed by atoms with Crippen LogP contribution in [-0.2, 0) is 13.5 Å². The van der Waals surface area contributed by atoms with Gasteiger partial charge in [-0.25, -0.2) is 0 Å². The standard InChI is InChI=1S/C12H13ClN2O/c1-15-12(10(13)8-14-15)11(16)7-9-5-3-2-4-6-9/h2-6,8,11,16H,7H2,1H3. The Morgan fingerprint density at radius 3 is 2.62 bits per heavy atom. The van der Waals surface area contributed by atoms with E-state index >= 15 is 0 Å². The molecular formula is C12H13ClN2O. The van der Waals surface area contributed by atoms with Crippen molar-refractivity contribution in [1.82, 2.24) is 9.78 Å². The van der Waals surface area contributed by atoms with E-state index in [9.17, 15) is 5.11 Å². The van der Waals surface area contributed by atoms with Gasteiger partial charge in [0, 0.05) is 13.5 Å². The molecule has 84 valence electrons. The van der Waals surface area contributed by atoms with Gasteiger partial charge in [-0.2, -0.15) is 5.10 Å². The minimum Gasteiger partial charge on any atom is -0.386 e. The van der Waals surface area contributed by atoms with Gasteiger partial charge in [0.1, 0.15) is 6.10 Å². The molecule has 0 bridgehead atoms. The van der Waals surface area contributed by atoms with Crippen molar-refractivity contribution in [2.75, 3.05) is 0 Å². The molecule has 1 heterocycles. The highest BCUT2D eigenvalue weighted by Crippen LogP contribution is 2.24. The molecule has 16 heavy (non-hydrogen) atoms. The number of halogens is 1. The molecule has 2 rings (SSSR count). The van der Waals surface area contributed by atoms with Crippen molar-refractivity contribution in [2.45, 2.75) is 12.5 Å². The van der Waals surface area contributed by atoms with Gasteiger partial charge in [0.05, 0.1) is 16.9 Å². The quantitative estimate of drug-likeness (QED) is 0.889. The summed E-state index contributed by atoms with van der Waals surface area (Å²) in [6.45, 7) is 0. The van der Waals surface area contributed by atoms with Crippen LogP contribution in [0.2, 0.25) is 5.02 Å². The van der Waals surface area contributed by atoms with E-state index in [1.807, 2.05) is 30.3 Å². The lowest BCUT2D eigenvalue weighted by molar-refractivity contribution is 0.168. The molecule has 3 nitrogen and oxygen atoms in total. The van der Waals surface area contributed by atoms with Crippen molar-refractivity contribution in [1.29, 1.82) is 0 Å². The number of rotatable bonds is 3. The molecule has 0 saturated heterocycles. The van der Waals surface area contributed by atoms with E-state index in [1.165, 1.54) is 0 Å². The van der Waals surface area contributed by atoms with Crippen LogP contribution in [0.3, 0.4) is 0 Å². The number of hydrogen-bond donors (Lipinski definition) is 1. The topological polar surface area (TPSA) is 38.0 Å². The molecule has 1 unspecified atom stereocenters. The molecule has 0 radical (unpaired) electrons. The van der Waals surface area contributed by atoms with E-state index in [1.54, 1.807) is 17.9 Å². The van der Waals surface area contributed by atoms with E-state index in [2.05, 4.69) is 5.10 Å². The second-order valence-corrected chi connectivity index (χ2v) is 4.11. The first-order chi connectivity index (χ1) is 7.68. The highest BCUT2D eigenvalue weighted by Gasteiger charge is 2.16. The number of nitrogens with zero attached hydrogens (tertiary/aromatic N) is 2. The minimum absolute atomic E-state index is 0.505. The van der Waals surface area contributed by atoms with Crippen molar-refractivity contribution in [3.05, 3.63) is 52.8 Å². The molecular weight excluding hydrogens is 224 g/mol. The fraction of sp³-hybridized carbons (Fsp3) is 0.250. The molecule has 0 spiro atoms. The van der Waals surface area contributed by atoms with Crippen LogP contribution in [0.25, 0.3) is 0 Å². The van der Waals surface area contributed by atoms with Crippen LogP contribution in [-0.4, -0.2) is 14.9 Å². The molecule has 1 aromatic heterocycles. The van der Waals surface area contributed by atoms with Crippen molar-refractivity contribution in [3.8, 4) is 0 Å². The Balaban J connectivity index is 2.18. The fourth-order valence-corrected chi connectivity index (χ4v) is 2.02. The van der Waals surface area contributed by atoms with Crippen LogP contribution >= 0.6 is 11.6 Å². The lowest BCUT2D eigenvalue weighted by Crippen LogP contribution is -2.08. The first-order valence-corrected chi connectivity index (χ1v) is 5.45. The van der Waals surface area contributed by atoms with Gasteiger partial charge in [-0.1, -0.05) is 41.9 Å². The maximum Gasteiger partial charge on any atom is 0.101 e. The molecule has 1 aromatic carbocycles. The Bertz CT molecular complexity index is 448. The van der Waals surface area contributed by atoms with Gasteiger partial charge < -0.3 is 5.11 Å². The van der Waals surface area contributed by atoms with Crippen LogP contribution in [0, 0.1) is 0 Å². The number of aliphatic hydroxyl groups is 1. The fourth-order valence-electron chi connectivity index (χ4n) is 1.73. The third kappa shape index (κ3) is 2.26. The smallest absolute Gasteiger partial charge is 0.101 e. The van der Waals surface area contributed by atoms with Gasteiger partial charge >= 0.3 is 0 Å². The van der Waals surface area contributed by atoms with Crippen molar-refractivity contribution >= 4 is 11.6 Å². The van der Waals surface area contributed by atoms with Gasteiger partial charge in [-0.15, -0.1) is 0 Å². The number of benzene rings is 1. The maximum absolute atomic E-state index is 10.1. The molecule has 1 atom stereocenters. The van der Waals surface area contributed by atoms with E-state index in [0.717, 1.165) is 5.56 Å². The van der Waals surface area contributed by atoms with Crippen molar-refractivity contribution in [2.24, 2.45) is 7.05 Å². The van der Waals surface area contributed by atoms with Crippen molar-refractivity contribution in [3.63, 3.8) is 0 Å². The third-order valence-electron chi connectivity index (χ3n) is 2.53. The lowest BCUT2D eigenvalue weighted by Gasteiger charge is -2.11. The molecule has 4 heteroatoms. The Hall–Kier alpha value is -1.32. The van der Waals surface area contributed by atoms with Crippen LogP contribution in [0.1, 0.15) is 17.4 Å². The molecule has 0 amide bonds. The summed E-state index contributed by atoms with van der Waals surface area (Å²) >= 11 is 5.96. The first kappa shape index (κ1) is 11.2. The predicted octanol–water partition coefficient (Wildman–Crippen LogP) is 2.35. The van der Waals surface area contributed by atoms with Crippen LogP contribution in [0.5, 0.6) is 0 Å². The van der Waals surface area contributed by atoms with E-state index in [4.69, 9.17) is 11.6 Å².